The first-order valence-electron chi connectivity index (χ1n) is 11.8. The lowest BCUT2D eigenvalue weighted by molar-refractivity contribution is 0.0162. The molecule has 4 rings (SSSR count). The molecule has 182 valence electrons. The van der Waals surface area contributed by atoms with Gasteiger partial charge in [0.1, 0.15) is 12.4 Å². The number of ether oxygens (including phenoxy) is 2. The fraction of sp³-hybridized carbons (Fsp3) is 0.286. The SMILES string of the molecule is Cc1cccc(C(CNC(=O)c2cccc(COc3ccccc3C(N)=O)c2)N2CCOCC2)c1. The Balaban J connectivity index is 1.42. The summed E-state index contributed by atoms with van der Waals surface area (Å²) < 4.78 is 11.3. The number of benzene rings is 3. The highest BCUT2D eigenvalue weighted by Gasteiger charge is 2.23. The highest BCUT2D eigenvalue weighted by atomic mass is 16.5. The number of aryl methyl sites for hydroxylation is 1. The van der Waals surface area contributed by atoms with Gasteiger partial charge in [0.2, 0.25) is 0 Å². The number of para-hydroxylation sites is 1. The number of rotatable bonds is 9. The molecule has 1 atom stereocenters. The van der Waals surface area contributed by atoms with Crippen LogP contribution in [-0.2, 0) is 11.3 Å². The summed E-state index contributed by atoms with van der Waals surface area (Å²) in [5.41, 5.74) is 9.50. The fourth-order valence-corrected chi connectivity index (χ4v) is 4.28. The molecular weight excluding hydrogens is 442 g/mol. The molecule has 1 fully saturated rings. The van der Waals surface area contributed by atoms with Crippen LogP contribution in [0.15, 0.2) is 72.8 Å². The predicted octanol–water partition coefficient (Wildman–Crippen LogP) is 3.48. The Morgan fingerprint density at radius 3 is 2.57 bits per heavy atom. The highest BCUT2D eigenvalue weighted by molar-refractivity contribution is 5.95. The number of hydrogen-bond donors (Lipinski definition) is 2. The zero-order valence-corrected chi connectivity index (χ0v) is 19.9. The molecule has 2 amide bonds. The number of carbonyl (C=O) groups is 2. The van der Waals surface area contributed by atoms with Gasteiger partial charge in [0.25, 0.3) is 11.8 Å². The number of nitrogens with two attached hydrogens (primary N) is 1. The Hall–Kier alpha value is -3.68. The van der Waals surface area contributed by atoms with Crippen molar-refractivity contribution in [2.75, 3.05) is 32.8 Å². The summed E-state index contributed by atoms with van der Waals surface area (Å²) in [4.78, 5) is 27.0. The molecule has 35 heavy (non-hydrogen) atoms. The van der Waals surface area contributed by atoms with E-state index in [-0.39, 0.29) is 18.6 Å². The van der Waals surface area contributed by atoms with E-state index in [1.54, 1.807) is 36.4 Å². The van der Waals surface area contributed by atoms with Crippen LogP contribution >= 0.6 is 0 Å². The molecule has 0 bridgehead atoms. The molecule has 1 saturated heterocycles. The molecule has 3 aromatic carbocycles. The third-order valence-electron chi connectivity index (χ3n) is 6.11. The first-order chi connectivity index (χ1) is 17.0. The van der Waals surface area contributed by atoms with Gasteiger partial charge >= 0.3 is 0 Å². The molecule has 0 saturated carbocycles. The predicted molar refractivity (Wildman–Crippen MR) is 134 cm³/mol. The number of primary amides is 1. The maximum atomic E-state index is 13.0. The van der Waals surface area contributed by atoms with E-state index in [1.165, 1.54) is 11.1 Å². The molecule has 7 nitrogen and oxygen atoms in total. The number of carbonyl (C=O) groups excluding carboxylic acids is 2. The molecule has 1 heterocycles. The van der Waals surface area contributed by atoms with Crippen molar-refractivity contribution in [3.63, 3.8) is 0 Å². The van der Waals surface area contributed by atoms with E-state index in [0.29, 0.717) is 36.6 Å². The van der Waals surface area contributed by atoms with Crippen molar-refractivity contribution in [1.82, 2.24) is 10.2 Å². The van der Waals surface area contributed by atoms with E-state index in [9.17, 15) is 9.59 Å². The van der Waals surface area contributed by atoms with Gasteiger partial charge < -0.3 is 20.5 Å². The third kappa shape index (κ3) is 6.47. The zero-order chi connectivity index (χ0) is 24.6. The molecule has 1 aliphatic heterocycles. The Morgan fingerprint density at radius 1 is 1.03 bits per heavy atom. The van der Waals surface area contributed by atoms with Gasteiger partial charge in [-0.15, -0.1) is 0 Å². The van der Waals surface area contributed by atoms with Crippen LogP contribution < -0.4 is 15.8 Å². The molecule has 1 unspecified atom stereocenters. The maximum Gasteiger partial charge on any atom is 0.252 e. The molecule has 3 aromatic rings. The van der Waals surface area contributed by atoms with E-state index in [2.05, 4.69) is 41.4 Å². The van der Waals surface area contributed by atoms with E-state index in [4.69, 9.17) is 15.2 Å². The van der Waals surface area contributed by atoms with Crippen molar-refractivity contribution < 1.29 is 19.1 Å². The molecule has 7 heteroatoms. The quantitative estimate of drug-likeness (QED) is 0.496. The summed E-state index contributed by atoms with van der Waals surface area (Å²) in [5.74, 6) is -0.270. The van der Waals surface area contributed by atoms with Crippen molar-refractivity contribution in [1.29, 1.82) is 0 Å². The second-order valence-corrected chi connectivity index (χ2v) is 8.64. The smallest absolute Gasteiger partial charge is 0.252 e. The lowest BCUT2D eigenvalue weighted by Gasteiger charge is -2.35. The minimum absolute atomic E-state index is 0.0690. The van der Waals surface area contributed by atoms with Gasteiger partial charge in [-0.1, -0.05) is 54.1 Å². The largest absolute Gasteiger partial charge is 0.488 e. The van der Waals surface area contributed by atoms with Crippen LogP contribution in [0.2, 0.25) is 0 Å². The lowest BCUT2D eigenvalue weighted by Crippen LogP contribution is -2.43. The molecule has 0 radical (unpaired) electrons. The van der Waals surface area contributed by atoms with E-state index in [0.717, 1.165) is 18.7 Å². The van der Waals surface area contributed by atoms with Crippen LogP contribution in [0.1, 0.15) is 43.4 Å². The molecule has 1 aliphatic rings. The number of amides is 2. The Kier molecular flexibility index (Phi) is 8.13. The molecular formula is C28H31N3O4. The van der Waals surface area contributed by atoms with Gasteiger partial charge in [0, 0.05) is 25.2 Å². The van der Waals surface area contributed by atoms with Crippen LogP contribution in [0.4, 0.5) is 0 Å². The zero-order valence-electron chi connectivity index (χ0n) is 19.9. The van der Waals surface area contributed by atoms with E-state index >= 15 is 0 Å². The van der Waals surface area contributed by atoms with Gasteiger partial charge in [-0.05, 0) is 42.3 Å². The summed E-state index contributed by atoms with van der Waals surface area (Å²) in [6.45, 7) is 5.82. The third-order valence-corrected chi connectivity index (χ3v) is 6.11. The summed E-state index contributed by atoms with van der Waals surface area (Å²) in [7, 11) is 0. The van der Waals surface area contributed by atoms with Crippen LogP contribution in [0.3, 0.4) is 0 Å². The van der Waals surface area contributed by atoms with Gasteiger partial charge in [-0.3, -0.25) is 14.5 Å². The van der Waals surface area contributed by atoms with Crippen LogP contribution in [0, 0.1) is 6.92 Å². The second-order valence-electron chi connectivity index (χ2n) is 8.64. The summed E-state index contributed by atoms with van der Waals surface area (Å²) in [6, 6.07) is 22.6. The number of hydrogen-bond acceptors (Lipinski definition) is 5. The average molecular weight is 474 g/mol. The molecule has 0 aromatic heterocycles. The summed E-state index contributed by atoms with van der Waals surface area (Å²) in [5, 5.41) is 3.12. The van der Waals surface area contributed by atoms with Crippen LogP contribution in [0.25, 0.3) is 0 Å². The van der Waals surface area contributed by atoms with Gasteiger partial charge in [0.05, 0.1) is 24.8 Å². The summed E-state index contributed by atoms with van der Waals surface area (Å²) in [6.07, 6.45) is 0. The average Bonchev–Trinajstić information content (AvgIpc) is 2.88. The number of nitrogens with zero attached hydrogens (tertiary/aromatic N) is 1. The highest BCUT2D eigenvalue weighted by Crippen LogP contribution is 2.23. The Morgan fingerprint density at radius 2 is 1.80 bits per heavy atom. The molecule has 3 N–H and O–H groups in total. The second kappa shape index (κ2) is 11.6. The van der Waals surface area contributed by atoms with E-state index in [1.807, 2.05) is 12.1 Å². The minimum atomic E-state index is -0.544. The Labute approximate surface area is 205 Å². The van der Waals surface area contributed by atoms with Crippen molar-refractivity contribution in [3.05, 3.63) is 101 Å². The van der Waals surface area contributed by atoms with Crippen molar-refractivity contribution in [3.8, 4) is 5.75 Å². The lowest BCUT2D eigenvalue weighted by atomic mass is 10.0. The fourth-order valence-electron chi connectivity index (χ4n) is 4.28. The van der Waals surface area contributed by atoms with Crippen molar-refractivity contribution in [2.45, 2.75) is 19.6 Å². The number of morpholine rings is 1. The van der Waals surface area contributed by atoms with Crippen molar-refractivity contribution in [2.24, 2.45) is 5.73 Å². The van der Waals surface area contributed by atoms with Crippen LogP contribution in [-0.4, -0.2) is 49.6 Å². The molecule has 0 spiro atoms. The van der Waals surface area contributed by atoms with Crippen LogP contribution in [0.5, 0.6) is 5.75 Å². The molecule has 0 aliphatic carbocycles. The van der Waals surface area contributed by atoms with E-state index < -0.39 is 5.91 Å². The van der Waals surface area contributed by atoms with Gasteiger partial charge in [-0.25, -0.2) is 0 Å². The topological polar surface area (TPSA) is 93.9 Å². The maximum absolute atomic E-state index is 13.0. The Bertz CT molecular complexity index is 1170. The van der Waals surface area contributed by atoms with Gasteiger partial charge in [-0.2, -0.15) is 0 Å². The van der Waals surface area contributed by atoms with Gasteiger partial charge in [0.15, 0.2) is 0 Å². The monoisotopic (exact) mass is 473 g/mol. The number of nitrogens with one attached hydrogen (secondary N) is 1. The minimum Gasteiger partial charge on any atom is -0.488 e. The summed E-state index contributed by atoms with van der Waals surface area (Å²) >= 11 is 0. The van der Waals surface area contributed by atoms with Crippen molar-refractivity contribution >= 4 is 11.8 Å². The first-order valence-corrected chi connectivity index (χ1v) is 11.8. The standard InChI is InChI=1S/C28H31N3O4/c1-20-6-4-8-22(16-20)25(31-12-14-34-15-13-31)18-30-28(33)23-9-5-7-21(17-23)19-35-26-11-3-2-10-24(26)27(29)32/h2-11,16-17,25H,12-15,18-19H2,1H3,(H2,29,32)(H,30,33). The first kappa shape index (κ1) is 24.4. The normalized spacial score (nSPS) is 14.8.